The van der Waals surface area contributed by atoms with Crippen LogP contribution in [-0.2, 0) is 0 Å². The number of rotatable bonds is 5. The molecule has 0 aliphatic rings. The van der Waals surface area contributed by atoms with Crippen LogP contribution in [0, 0.1) is 0 Å². The maximum absolute atomic E-state index is 11.8. The molecule has 1 atom stereocenters. The Hall–Kier alpha value is -1.55. The Morgan fingerprint density at radius 2 is 2.12 bits per heavy atom. The number of ether oxygens (including phenoxy) is 1. The number of hydrogen-bond acceptors (Lipinski definition) is 3. The average molecular weight is 222 g/mol. The van der Waals surface area contributed by atoms with Crippen LogP contribution in [0.15, 0.2) is 24.3 Å². The van der Waals surface area contributed by atoms with Gasteiger partial charge >= 0.3 is 0 Å². The second-order valence-corrected chi connectivity index (χ2v) is 3.60. The molecule has 0 spiro atoms. The molecule has 2 N–H and O–H groups in total. The highest BCUT2D eigenvalue weighted by atomic mass is 16.5. The van der Waals surface area contributed by atoms with Gasteiger partial charge in [0, 0.05) is 12.6 Å². The van der Waals surface area contributed by atoms with E-state index in [1.165, 1.54) is 0 Å². The summed E-state index contributed by atoms with van der Waals surface area (Å²) in [5.74, 6) is 0.483. The summed E-state index contributed by atoms with van der Waals surface area (Å²) in [5, 5.41) is 5.90. The molecule has 1 aromatic carbocycles. The minimum absolute atomic E-state index is 0.112. The number of para-hydroxylation sites is 1. The molecule has 0 bridgehead atoms. The van der Waals surface area contributed by atoms with E-state index in [9.17, 15) is 4.79 Å². The Labute approximate surface area is 96.0 Å². The second kappa shape index (κ2) is 6.12. The fourth-order valence-corrected chi connectivity index (χ4v) is 1.28. The van der Waals surface area contributed by atoms with Gasteiger partial charge in [0.15, 0.2) is 0 Å². The Balaban J connectivity index is 2.65. The van der Waals surface area contributed by atoms with Crippen molar-refractivity contribution >= 4 is 5.91 Å². The van der Waals surface area contributed by atoms with E-state index in [-0.39, 0.29) is 11.9 Å². The van der Waals surface area contributed by atoms with Gasteiger partial charge in [0.2, 0.25) is 0 Å². The highest BCUT2D eigenvalue weighted by Crippen LogP contribution is 2.16. The highest BCUT2D eigenvalue weighted by molar-refractivity contribution is 5.96. The highest BCUT2D eigenvalue weighted by Gasteiger charge is 2.11. The van der Waals surface area contributed by atoms with E-state index in [2.05, 4.69) is 10.6 Å². The number of nitrogens with one attached hydrogen (secondary N) is 2. The molecule has 0 saturated heterocycles. The first-order valence-corrected chi connectivity index (χ1v) is 5.27. The monoisotopic (exact) mass is 222 g/mol. The molecule has 88 valence electrons. The molecule has 4 heteroatoms. The SMILES string of the molecule is CNC(C)CNC(=O)c1ccccc1OC. The van der Waals surface area contributed by atoms with E-state index < -0.39 is 0 Å². The zero-order valence-electron chi connectivity index (χ0n) is 9.91. The molecule has 1 aromatic rings. The molecule has 16 heavy (non-hydrogen) atoms. The molecular formula is C12H18N2O2. The van der Waals surface area contributed by atoms with Crippen molar-refractivity contribution in [2.45, 2.75) is 13.0 Å². The third kappa shape index (κ3) is 3.24. The average Bonchev–Trinajstić information content (AvgIpc) is 2.35. The minimum Gasteiger partial charge on any atom is -0.496 e. The lowest BCUT2D eigenvalue weighted by Gasteiger charge is -2.12. The Bertz CT molecular complexity index is 353. The van der Waals surface area contributed by atoms with Crippen LogP contribution in [0.1, 0.15) is 17.3 Å². The summed E-state index contributed by atoms with van der Waals surface area (Å²) in [5.41, 5.74) is 0.563. The van der Waals surface area contributed by atoms with Gasteiger partial charge in [-0.1, -0.05) is 12.1 Å². The van der Waals surface area contributed by atoms with Gasteiger partial charge in [-0.05, 0) is 26.1 Å². The van der Waals surface area contributed by atoms with Crippen molar-refractivity contribution in [2.24, 2.45) is 0 Å². The van der Waals surface area contributed by atoms with Gasteiger partial charge in [0.25, 0.3) is 5.91 Å². The second-order valence-electron chi connectivity index (χ2n) is 3.60. The number of likely N-dealkylation sites (N-methyl/N-ethyl adjacent to an activating group) is 1. The van der Waals surface area contributed by atoms with Gasteiger partial charge < -0.3 is 15.4 Å². The van der Waals surface area contributed by atoms with Crippen LogP contribution in [0.4, 0.5) is 0 Å². The van der Waals surface area contributed by atoms with Gasteiger partial charge in [-0.25, -0.2) is 0 Å². The zero-order chi connectivity index (χ0) is 12.0. The van der Waals surface area contributed by atoms with Gasteiger partial charge in [-0.3, -0.25) is 4.79 Å². The molecule has 0 fully saturated rings. The molecule has 1 unspecified atom stereocenters. The summed E-state index contributed by atoms with van der Waals surface area (Å²) < 4.78 is 5.12. The van der Waals surface area contributed by atoms with Crippen LogP contribution >= 0.6 is 0 Å². The third-order valence-corrected chi connectivity index (χ3v) is 2.41. The summed E-state index contributed by atoms with van der Waals surface area (Å²) in [6, 6.07) is 7.43. The zero-order valence-corrected chi connectivity index (χ0v) is 9.91. The Morgan fingerprint density at radius 3 is 2.75 bits per heavy atom. The fraction of sp³-hybridized carbons (Fsp3) is 0.417. The number of benzene rings is 1. The van der Waals surface area contributed by atoms with Crippen LogP contribution in [-0.4, -0.2) is 32.7 Å². The largest absolute Gasteiger partial charge is 0.496 e. The quantitative estimate of drug-likeness (QED) is 0.782. The molecule has 0 aliphatic heterocycles. The van der Waals surface area contributed by atoms with Crippen LogP contribution in [0.25, 0.3) is 0 Å². The van der Waals surface area contributed by atoms with E-state index in [0.717, 1.165) is 0 Å². The van der Waals surface area contributed by atoms with Crippen molar-refractivity contribution in [3.63, 3.8) is 0 Å². The van der Waals surface area contributed by atoms with Crippen molar-refractivity contribution < 1.29 is 9.53 Å². The third-order valence-electron chi connectivity index (χ3n) is 2.41. The van der Waals surface area contributed by atoms with Gasteiger partial charge in [0.1, 0.15) is 5.75 Å². The summed E-state index contributed by atoms with van der Waals surface area (Å²) in [6.07, 6.45) is 0. The summed E-state index contributed by atoms with van der Waals surface area (Å²) >= 11 is 0. The normalized spacial score (nSPS) is 11.9. The van der Waals surface area contributed by atoms with Crippen molar-refractivity contribution in [2.75, 3.05) is 20.7 Å². The van der Waals surface area contributed by atoms with Crippen LogP contribution < -0.4 is 15.4 Å². The summed E-state index contributed by atoms with van der Waals surface area (Å²) in [7, 11) is 3.42. The van der Waals surface area contributed by atoms with Crippen molar-refractivity contribution in [1.82, 2.24) is 10.6 Å². The van der Waals surface area contributed by atoms with Crippen molar-refractivity contribution in [3.05, 3.63) is 29.8 Å². The first kappa shape index (κ1) is 12.5. The molecule has 0 aromatic heterocycles. The number of hydrogen-bond donors (Lipinski definition) is 2. The smallest absolute Gasteiger partial charge is 0.255 e. The first-order valence-electron chi connectivity index (χ1n) is 5.27. The lowest BCUT2D eigenvalue weighted by Crippen LogP contribution is -2.37. The molecular weight excluding hydrogens is 204 g/mol. The fourth-order valence-electron chi connectivity index (χ4n) is 1.28. The Kier molecular flexibility index (Phi) is 4.79. The molecule has 1 rings (SSSR count). The number of carbonyl (C=O) groups is 1. The predicted molar refractivity (Wildman–Crippen MR) is 63.8 cm³/mol. The van der Waals surface area contributed by atoms with Gasteiger partial charge in [0.05, 0.1) is 12.7 Å². The lowest BCUT2D eigenvalue weighted by atomic mass is 10.2. The van der Waals surface area contributed by atoms with E-state index in [4.69, 9.17) is 4.74 Å². The topological polar surface area (TPSA) is 50.4 Å². The van der Waals surface area contributed by atoms with Crippen molar-refractivity contribution in [3.8, 4) is 5.75 Å². The van der Waals surface area contributed by atoms with Gasteiger partial charge in [-0.2, -0.15) is 0 Å². The van der Waals surface area contributed by atoms with E-state index in [1.807, 2.05) is 26.1 Å². The molecule has 4 nitrogen and oxygen atoms in total. The standard InChI is InChI=1S/C12H18N2O2/c1-9(13-2)8-14-12(15)10-6-4-5-7-11(10)16-3/h4-7,9,13H,8H2,1-3H3,(H,14,15). The minimum atomic E-state index is -0.112. The predicted octanol–water partition coefficient (Wildman–Crippen LogP) is 1.03. The van der Waals surface area contributed by atoms with E-state index >= 15 is 0 Å². The summed E-state index contributed by atoms with van der Waals surface area (Å²) in [4.78, 5) is 11.8. The maximum Gasteiger partial charge on any atom is 0.255 e. The van der Waals surface area contributed by atoms with Crippen molar-refractivity contribution in [1.29, 1.82) is 0 Å². The number of methoxy groups -OCH3 is 1. The maximum atomic E-state index is 11.8. The molecule has 0 aliphatic carbocycles. The summed E-state index contributed by atoms with van der Waals surface area (Å²) in [6.45, 7) is 2.59. The van der Waals surface area contributed by atoms with Crippen LogP contribution in [0.2, 0.25) is 0 Å². The number of carbonyl (C=O) groups excluding carboxylic acids is 1. The van der Waals surface area contributed by atoms with Crippen LogP contribution in [0.3, 0.4) is 0 Å². The molecule has 0 radical (unpaired) electrons. The molecule has 1 amide bonds. The van der Waals surface area contributed by atoms with E-state index in [1.54, 1.807) is 19.2 Å². The van der Waals surface area contributed by atoms with E-state index in [0.29, 0.717) is 17.9 Å². The first-order chi connectivity index (χ1) is 7.69. The Morgan fingerprint density at radius 1 is 1.44 bits per heavy atom. The lowest BCUT2D eigenvalue weighted by molar-refractivity contribution is 0.0947. The molecule has 0 saturated carbocycles. The molecule has 0 heterocycles. The number of amides is 1. The van der Waals surface area contributed by atoms with Gasteiger partial charge in [-0.15, -0.1) is 0 Å². The van der Waals surface area contributed by atoms with Crippen LogP contribution in [0.5, 0.6) is 5.75 Å².